The maximum absolute atomic E-state index is 10.6. The van der Waals surface area contributed by atoms with Gasteiger partial charge in [0.15, 0.2) is 0 Å². The minimum atomic E-state index is -0.708. The number of benzene rings is 1. The zero-order valence-corrected chi connectivity index (χ0v) is 16.1. The molecule has 0 bridgehead atoms. The highest BCUT2D eigenvalue weighted by Gasteiger charge is 2.02. The summed E-state index contributed by atoms with van der Waals surface area (Å²) in [6.07, 6.45) is 8.39. The standard InChI is InChI=1S/C22H32O3/c1-17(8-5-10-20-11-7-12-21(16-20)25-4)14-15-19(3)18(2)9-6-13-22(23)24/h7-8,11-12,16H,5-6,9-10,13-15H2,1-4H3,(H,23,24). The summed E-state index contributed by atoms with van der Waals surface area (Å²) in [6, 6.07) is 8.24. The van der Waals surface area contributed by atoms with Gasteiger partial charge >= 0.3 is 5.97 Å². The van der Waals surface area contributed by atoms with Gasteiger partial charge in [-0.05, 0) is 77.0 Å². The number of allylic oxidation sites excluding steroid dienone is 4. The first kappa shape index (κ1) is 21.0. The molecule has 1 rings (SSSR count). The van der Waals surface area contributed by atoms with Crippen molar-refractivity contribution >= 4 is 5.97 Å². The molecule has 0 aromatic heterocycles. The molecule has 0 radical (unpaired) electrons. The normalized spacial score (nSPS) is 12.7. The van der Waals surface area contributed by atoms with Gasteiger partial charge in [0.25, 0.3) is 0 Å². The van der Waals surface area contributed by atoms with Crippen LogP contribution >= 0.6 is 0 Å². The van der Waals surface area contributed by atoms with Gasteiger partial charge in [-0.25, -0.2) is 0 Å². The second kappa shape index (κ2) is 11.5. The van der Waals surface area contributed by atoms with Crippen molar-refractivity contribution in [1.82, 2.24) is 0 Å². The molecule has 0 spiro atoms. The maximum atomic E-state index is 10.6. The molecule has 1 N–H and O–H groups in total. The Hall–Kier alpha value is -2.03. The third kappa shape index (κ3) is 9.13. The first-order chi connectivity index (χ1) is 11.9. The maximum Gasteiger partial charge on any atom is 0.303 e. The number of ether oxygens (including phenoxy) is 1. The van der Waals surface area contributed by atoms with E-state index in [0.717, 1.165) is 44.3 Å². The summed E-state index contributed by atoms with van der Waals surface area (Å²) < 4.78 is 5.26. The molecule has 0 atom stereocenters. The fraction of sp³-hybridized carbons (Fsp3) is 0.500. The van der Waals surface area contributed by atoms with Crippen LogP contribution in [0.1, 0.15) is 64.9 Å². The second-order valence-electron chi connectivity index (χ2n) is 6.75. The molecule has 3 heteroatoms. The number of carboxylic acids is 1. The van der Waals surface area contributed by atoms with Crippen LogP contribution in [0.3, 0.4) is 0 Å². The van der Waals surface area contributed by atoms with E-state index in [1.54, 1.807) is 7.11 Å². The molecule has 0 fully saturated rings. The highest BCUT2D eigenvalue weighted by Crippen LogP contribution is 2.19. The van der Waals surface area contributed by atoms with Crippen LogP contribution in [0, 0.1) is 0 Å². The van der Waals surface area contributed by atoms with Crippen LogP contribution < -0.4 is 4.74 Å². The van der Waals surface area contributed by atoms with Crippen LogP contribution in [0.2, 0.25) is 0 Å². The van der Waals surface area contributed by atoms with E-state index in [2.05, 4.69) is 39.0 Å². The van der Waals surface area contributed by atoms with E-state index in [1.807, 2.05) is 12.1 Å². The summed E-state index contributed by atoms with van der Waals surface area (Å²) >= 11 is 0. The summed E-state index contributed by atoms with van der Waals surface area (Å²) in [4.78, 5) is 10.6. The van der Waals surface area contributed by atoms with Gasteiger partial charge < -0.3 is 9.84 Å². The first-order valence-corrected chi connectivity index (χ1v) is 9.08. The molecule has 1 aromatic carbocycles. The Kier molecular flexibility index (Phi) is 9.68. The average Bonchev–Trinajstić information content (AvgIpc) is 2.59. The van der Waals surface area contributed by atoms with E-state index < -0.39 is 5.97 Å². The number of aliphatic carboxylic acids is 1. The van der Waals surface area contributed by atoms with E-state index in [1.165, 1.54) is 22.3 Å². The van der Waals surface area contributed by atoms with Gasteiger partial charge in [0.2, 0.25) is 0 Å². The molecule has 0 amide bonds. The molecule has 0 unspecified atom stereocenters. The van der Waals surface area contributed by atoms with Gasteiger partial charge in [-0.2, -0.15) is 0 Å². The van der Waals surface area contributed by atoms with E-state index >= 15 is 0 Å². The molecule has 0 saturated carbocycles. The van der Waals surface area contributed by atoms with E-state index in [4.69, 9.17) is 9.84 Å². The Bertz CT molecular complexity index is 611. The van der Waals surface area contributed by atoms with Gasteiger partial charge in [0.1, 0.15) is 5.75 Å². The number of carbonyl (C=O) groups is 1. The number of hydrogen-bond donors (Lipinski definition) is 1. The van der Waals surface area contributed by atoms with Crippen molar-refractivity contribution < 1.29 is 14.6 Å². The number of carboxylic acid groups (broad SMARTS) is 1. The molecule has 138 valence electrons. The Morgan fingerprint density at radius 2 is 1.80 bits per heavy atom. The Balaban J connectivity index is 2.37. The number of methoxy groups -OCH3 is 1. The predicted molar refractivity (Wildman–Crippen MR) is 104 cm³/mol. The van der Waals surface area contributed by atoms with Crippen LogP contribution in [-0.2, 0) is 11.2 Å². The minimum Gasteiger partial charge on any atom is -0.497 e. The lowest BCUT2D eigenvalue weighted by Gasteiger charge is -2.08. The predicted octanol–water partition coefficient (Wildman–Crippen LogP) is 5.95. The smallest absolute Gasteiger partial charge is 0.303 e. The molecular weight excluding hydrogens is 312 g/mol. The van der Waals surface area contributed by atoms with Gasteiger partial charge in [-0.15, -0.1) is 0 Å². The van der Waals surface area contributed by atoms with Crippen molar-refractivity contribution in [3.05, 3.63) is 52.6 Å². The summed E-state index contributed by atoms with van der Waals surface area (Å²) in [6.45, 7) is 6.48. The summed E-state index contributed by atoms with van der Waals surface area (Å²) in [5.41, 5.74) is 5.45. The average molecular weight is 344 g/mol. The van der Waals surface area contributed by atoms with E-state index in [-0.39, 0.29) is 6.42 Å². The highest BCUT2D eigenvalue weighted by atomic mass is 16.5. The molecule has 25 heavy (non-hydrogen) atoms. The molecule has 0 aliphatic rings. The lowest BCUT2D eigenvalue weighted by molar-refractivity contribution is -0.137. The number of aryl methyl sites for hydroxylation is 1. The fourth-order valence-corrected chi connectivity index (χ4v) is 2.73. The molecule has 1 aromatic rings. The quantitative estimate of drug-likeness (QED) is 0.505. The van der Waals surface area contributed by atoms with Crippen molar-refractivity contribution in [2.45, 2.75) is 65.7 Å². The molecule has 0 aliphatic heterocycles. The van der Waals surface area contributed by atoms with Crippen molar-refractivity contribution in [2.24, 2.45) is 0 Å². The zero-order chi connectivity index (χ0) is 18.7. The first-order valence-electron chi connectivity index (χ1n) is 9.08. The van der Waals surface area contributed by atoms with Crippen LogP contribution in [-0.4, -0.2) is 18.2 Å². The van der Waals surface area contributed by atoms with Crippen molar-refractivity contribution in [3.63, 3.8) is 0 Å². The van der Waals surface area contributed by atoms with Crippen LogP contribution in [0.5, 0.6) is 5.75 Å². The van der Waals surface area contributed by atoms with Gasteiger partial charge in [0, 0.05) is 6.42 Å². The Morgan fingerprint density at radius 3 is 2.48 bits per heavy atom. The second-order valence-corrected chi connectivity index (χ2v) is 6.75. The van der Waals surface area contributed by atoms with Gasteiger partial charge in [-0.1, -0.05) is 34.9 Å². The summed E-state index contributed by atoms with van der Waals surface area (Å²) in [5.74, 6) is 0.206. The topological polar surface area (TPSA) is 46.5 Å². The third-order valence-electron chi connectivity index (χ3n) is 4.63. The van der Waals surface area contributed by atoms with Crippen LogP contribution in [0.4, 0.5) is 0 Å². The minimum absolute atomic E-state index is 0.258. The third-order valence-corrected chi connectivity index (χ3v) is 4.63. The number of rotatable bonds is 11. The Labute approximate surface area is 152 Å². The van der Waals surface area contributed by atoms with E-state index in [9.17, 15) is 4.79 Å². The zero-order valence-electron chi connectivity index (χ0n) is 16.1. The largest absolute Gasteiger partial charge is 0.497 e. The summed E-state index contributed by atoms with van der Waals surface area (Å²) in [5, 5.41) is 8.70. The monoisotopic (exact) mass is 344 g/mol. The van der Waals surface area contributed by atoms with Crippen molar-refractivity contribution in [1.29, 1.82) is 0 Å². The van der Waals surface area contributed by atoms with Crippen LogP contribution in [0.25, 0.3) is 0 Å². The molecule has 3 nitrogen and oxygen atoms in total. The van der Waals surface area contributed by atoms with Crippen molar-refractivity contribution in [3.8, 4) is 5.75 Å². The lowest BCUT2D eigenvalue weighted by Crippen LogP contribution is -1.95. The molecule has 0 saturated heterocycles. The summed E-state index contributed by atoms with van der Waals surface area (Å²) in [7, 11) is 1.70. The van der Waals surface area contributed by atoms with Gasteiger partial charge in [-0.3, -0.25) is 4.79 Å². The fourth-order valence-electron chi connectivity index (χ4n) is 2.73. The molecule has 0 aliphatic carbocycles. The molecule has 0 heterocycles. The van der Waals surface area contributed by atoms with Crippen LogP contribution in [0.15, 0.2) is 47.1 Å². The van der Waals surface area contributed by atoms with Gasteiger partial charge in [0.05, 0.1) is 7.11 Å². The highest BCUT2D eigenvalue weighted by molar-refractivity contribution is 5.66. The SMILES string of the molecule is COc1cccc(CCC=C(C)CCC(C)=C(C)CCCC(=O)O)c1. The van der Waals surface area contributed by atoms with Crippen molar-refractivity contribution in [2.75, 3.05) is 7.11 Å². The molecular formula is C22H32O3. The lowest BCUT2D eigenvalue weighted by atomic mass is 9.98. The number of hydrogen-bond acceptors (Lipinski definition) is 2. The Morgan fingerprint density at radius 1 is 1.08 bits per heavy atom. The van der Waals surface area contributed by atoms with E-state index in [0.29, 0.717) is 0 Å².